The number of hydrogen-bond donors (Lipinski definition) is 1. The Hall–Kier alpha value is -1.99. The van der Waals surface area contributed by atoms with Gasteiger partial charge in [-0.3, -0.25) is 0 Å². The van der Waals surface area contributed by atoms with Crippen LogP contribution in [0.3, 0.4) is 0 Å². The Morgan fingerprint density at radius 1 is 1.12 bits per heavy atom. The van der Waals surface area contributed by atoms with E-state index < -0.39 is 10.0 Å². The second-order valence-electron chi connectivity index (χ2n) is 5.93. The highest BCUT2D eigenvalue weighted by Crippen LogP contribution is 2.18. The fraction of sp³-hybridized carbons (Fsp3) is 0.412. The first-order valence-corrected chi connectivity index (χ1v) is 9.70. The average Bonchev–Trinajstić information content (AvgIpc) is 2.63. The molecule has 1 aromatic carbocycles. The van der Waals surface area contributed by atoms with E-state index in [9.17, 15) is 8.42 Å². The first kappa shape index (κ1) is 16.9. The van der Waals surface area contributed by atoms with Gasteiger partial charge in [0.1, 0.15) is 0 Å². The molecule has 0 unspecified atom stereocenters. The van der Waals surface area contributed by atoms with Gasteiger partial charge in [-0.25, -0.2) is 23.1 Å². The Kier molecular flexibility index (Phi) is 5.11. The maximum absolute atomic E-state index is 12.5. The van der Waals surface area contributed by atoms with E-state index in [0.29, 0.717) is 10.8 Å². The van der Waals surface area contributed by atoms with Gasteiger partial charge in [0.15, 0.2) is 0 Å². The van der Waals surface area contributed by atoms with Crippen molar-refractivity contribution in [2.45, 2.75) is 37.1 Å². The summed E-state index contributed by atoms with van der Waals surface area (Å²) >= 11 is 0. The van der Waals surface area contributed by atoms with E-state index in [0.717, 1.165) is 37.9 Å². The largest absolute Gasteiger partial charge is 0.341 e. The predicted molar refractivity (Wildman–Crippen MR) is 93.4 cm³/mol. The van der Waals surface area contributed by atoms with Gasteiger partial charge in [0.05, 0.1) is 4.90 Å². The zero-order valence-electron chi connectivity index (χ0n) is 13.7. The van der Waals surface area contributed by atoms with Crippen LogP contribution in [0, 0.1) is 0 Å². The van der Waals surface area contributed by atoms with Crippen molar-refractivity contribution < 1.29 is 8.42 Å². The summed E-state index contributed by atoms with van der Waals surface area (Å²) in [5.74, 6) is 0.703. The van der Waals surface area contributed by atoms with Crippen LogP contribution in [-0.4, -0.2) is 37.5 Å². The number of sulfonamides is 1. The van der Waals surface area contributed by atoms with Crippen molar-refractivity contribution in [1.82, 2.24) is 14.7 Å². The summed E-state index contributed by atoms with van der Waals surface area (Å²) in [6.07, 6.45) is 5.82. The third-order valence-electron chi connectivity index (χ3n) is 4.29. The number of rotatable bonds is 5. The number of aromatic nitrogens is 2. The third-order valence-corrected chi connectivity index (χ3v) is 5.83. The highest BCUT2D eigenvalue weighted by molar-refractivity contribution is 7.89. The number of piperidine rings is 1. The Labute approximate surface area is 143 Å². The molecule has 2 aromatic rings. The van der Waals surface area contributed by atoms with E-state index in [-0.39, 0.29) is 6.04 Å². The van der Waals surface area contributed by atoms with Gasteiger partial charge in [-0.1, -0.05) is 19.1 Å². The predicted octanol–water partition coefficient (Wildman–Crippen LogP) is 1.99. The molecule has 0 saturated carbocycles. The van der Waals surface area contributed by atoms with Crippen LogP contribution >= 0.6 is 0 Å². The minimum Gasteiger partial charge on any atom is -0.341 e. The van der Waals surface area contributed by atoms with Crippen LogP contribution in [0.4, 0.5) is 5.95 Å². The number of nitrogens with one attached hydrogen (secondary N) is 1. The van der Waals surface area contributed by atoms with Crippen molar-refractivity contribution in [3.05, 3.63) is 48.3 Å². The molecule has 1 aliphatic heterocycles. The Morgan fingerprint density at radius 3 is 2.33 bits per heavy atom. The van der Waals surface area contributed by atoms with Crippen LogP contribution in [0.5, 0.6) is 0 Å². The van der Waals surface area contributed by atoms with Crippen molar-refractivity contribution in [3.8, 4) is 0 Å². The van der Waals surface area contributed by atoms with Crippen LogP contribution in [0.15, 0.2) is 47.6 Å². The lowest BCUT2D eigenvalue weighted by Gasteiger charge is -2.32. The molecule has 1 N–H and O–H groups in total. The van der Waals surface area contributed by atoms with Gasteiger partial charge >= 0.3 is 0 Å². The van der Waals surface area contributed by atoms with E-state index in [2.05, 4.69) is 19.6 Å². The second kappa shape index (κ2) is 7.27. The van der Waals surface area contributed by atoms with Gasteiger partial charge in [0.25, 0.3) is 0 Å². The van der Waals surface area contributed by atoms with Crippen molar-refractivity contribution in [1.29, 1.82) is 0 Å². The molecule has 0 spiro atoms. The number of anilines is 1. The molecule has 2 heterocycles. The smallest absolute Gasteiger partial charge is 0.240 e. The summed E-state index contributed by atoms with van der Waals surface area (Å²) in [7, 11) is -3.47. The van der Waals surface area contributed by atoms with Crippen molar-refractivity contribution >= 4 is 16.0 Å². The molecule has 128 valence electrons. The molecule has 0 amide bonds. The summed E-state index contributed by atoms with van der Waals surface area (Å²) in [5.41, 5.74) is 1.13. The minimum absolute atomic E-state index is 0.0548. The quantitative estimate of drug-likeness (QED) is 0.896. The van der Waals surface area contributed by atoms with Gasteiger partial charge < -0.3 is 4.90 Å². The number of hydrogen-bond acceptors (Lipinski definition) is 5. The zero-order valence-corrected chi connectivity index (χ0v) is 14.5. The normalized spacial score (nSPS) is 16.3. The minimum atomic E-state index is -3.47. The highest BCUT2D eigenvalue weighted by atomic mass is 32.2. The maximum atomic E-state index is 12.5. The zero-order chi connectivity index (χ0) is 17.0. The fourth-order valence-electron chi connectivity index (χ4n) is 2.84. The van der Waals surface area contributed by atoms with Crippen LogP contribution in [0.2, 0.25) is 0 Å². The second-order valence-corrected chi connectivity index (χ2v) is 7.64. The van der Waals surface area contributed by atoms with Gasteiger partial charge in [0.2, 0.25) is 16.0 Å². The molecule has 0 atom stereocenters. The molecular formula is C17H22N4O2S. The lowest BCUT2D eigenvalue weighted by molar-refractivity contribution is 0.456. The van der Waals surface area contributed by atoms with Gasteiger partial charge in [-0.2, -0.15) is 0 Å². The Morgan fingerprint density at radius 2 is 1.75 bits per heavy atom. The maximum Gasteiger partial charge on any atom is 0.240 e. The van der Waals surface area contributed by atoms with Gasteiger partial charge in [-0.05, 0) is 43.0 Å². The van der Waals surface area contributed by atoms with E-state index >= 15 is 0 Å². The topological polar surface area (TPSA) is 75.2 Å². The van der Waals surface area contributed by atoms with Crippen LogP contribution in [-0.2, 0) is 16.4 Å². The lowest BCUT2D eigenvalue weighted by atomic mass is 10.1. The van der Waals surface area contributed by atoms with Crippen LogP contribution < -0.4 is 9.62 Å². The van der Waals surface area contributed by atoms with Crippen LogP contribution in [0.25, 0.3) is 0 Å². The summed E-state index contributed by atoms with van der Waals surface area (Å²) in [6.45, 7) is 3.53. The molecule has 24 heavy (non-hydrogen) atoms. The van der Waals surface area contributed by atoms with Gasteiger partial charge in [0, 0.05) is 31.5 Å². The van der Waals surface area contributed by atoms with Crippen molar-refractivity contribution in [2.24, 2.45) is 0 Å². The standard InChI is InChI=1S/C17H22N4O2S/c1-2-14-4-6-16(7-5-14)24(22,23)20-15-8-12-21(13-9-15)17-18-10-3-11-19-17/h3-7,10-11,15,20H,2,8-9,12-13H2,1H3. The average molecular weight is 346 g/mol. The van der Waals surface area contributed by atoms with Crippen molar-refractivity contribution in [2.75, 3.05) is 18.0 Å². The molecule has 1 saturated heterocycles. The molecule has 3 rings (SSSR count). The van der Waals surface area contributed by atoms with E-state index in [1.165, 1.54) is 0 Å². The van der Waals surface area contributed by atoms with E-state index in [4.69, 9.17) is 0 Å². The molecule has 0 aliphatic carbocycles. The SMILES string of the molecule is CCc1ccc(S(=O)(=O)NC2CCN(c3ncccn3)CC2)cc1. The molecule has 1 fully saturated rings. The molecular weight excluding hydrogens is 324 g/mol. The summed E-state index contributed by atoms with van der Waals surface area (Å²) in [5, 5.41) is 0. The molecule has 0 bridgehead atoms. The number of aryl methyl sites for hydroxylation is 1. The molecule has 7 heteroatoms. The number of benzene rings is 1. The summed E-state index contributed by atoms with van der Waals surface area (Å²) < 4.78 is 27.8. The fourth-order valence-corrected chi connectivity index (χ4v) is 4.15. The van der Waals surface area contributed by atoms with E-state index in [1.807, 2.05) is 19.1 Å². The van der Waals surface area contributed by atoms with Crippen molar-refractivity contribution in [3.63, 3.8) is 0 Å². The molecule has 0 radical (unpaired) electrons. The Balaban J connectivity index is 1.60. The molecule has 6 nitrogen and oxygen atoms in total. The van der Waals surface area contributed by atoms with Gasteiger partial charge in [-0.15, -0.1) is 0 Å². The van der Waals surface area contributed by atoms with E-state index in [1.54, 1.807) is 30.6 Å². The highest BCUT2D eigenvalue weighted by Gasteiger charge is 2.25. The summed E-state index contributed by atoms with van der Waals surface area (Å²) in [4.78, 5) is 10.9. The lowest BCUT2D eigenvalue weighted by Crippen LogP contribution is -2.45. The number of nitrogens with zero attached hydrogens (tertiary/aromatic N) is 3. The first-order chi connectivity index (χ1) is 11.6. The monoisotopic (exact) mass is 346 g/mol. The molecule has 1 aliphatic rings. The third kappa shape index (κ3) is 3.91. The first-order valence-electron chi connectivity index (χ1n) is 8.22. The Bertz CT molecular complexity index is 755. The van der Waals surface area contributed by atoms with Crippen LogP contribution in [0.1, 0.15) is 25.3 Å². The summed E-state index contributed by atoms with van der Waals surface area (Å²) in [6, 6.07) is 8.81. The molecule has 1 aromatic heterocycles.